The van der Waals surface area contributed by atoms with Gasteiger partial charge in [0.05, 0.1) is 7.11 Å². The van der Waals surface area contributed by atoms with E-state index in [0.717, 1.165) is 23.8 Å². The van der Waals surface area contributed by atoms with Crippen molar-refractivity contribution in [3.8, 4) is 5.75 Å². The molecule has 1 aliphatic carbocycles. The summed E-state index contributed by atoms with van der Waals surface area (Å²) in [4.78, 5) is 0. The van der Waals surface area contributed by atoms with Crippen molar-refractivity contribution < 1.29 is 4.74 Å². The molecule has 0 radical (unpaired) electrons. The second kappa shape index (κ2) is 3.91. The Morgan fingerprint density at radius 1 is 1.43 bits per heavy atom. The summed E-state index contributed by atoms with van der Waals surface area (Å²) in [5.41, 5.74) is 8.09. The zero-order valence-corrected chi connectivity index (χ0v) is 8.62. The van der Waals surface area contributed by atoms with Crippen LogP contribution < -0.4 is 10.5 Å². The van der Waals surface area contributed by atoms with Gasteiger partial charge in [-0.3, -0.25) is 0 Å². The van der Waals surface area contributed by atoms with Gasteiger partial charge in [0.25, 0.3) is 0 Å². The summed E-state index contributed by atoms with van der Waals surface area (Å²) in [5.74, 6) is 1.71. The molecule has 76 valence electrons. The van der Waals surface area contributed by atoms with Crippen molar-refractivity contribution in [2.75, 3.05) is 12.8 Å². The van der Waals surface area contributed by atoms with Gasteiger partial charge in [-0.25, -0.2) is 0 Å². The first kappa shape index (κ1) is 9.38. The van der Waals surface area contributed by atoms with Crippen molar-refractivity contribution in [2.45, 2.75) is 25.7 Å². The van der Waals surface area contributed by atoms with Crippen LogP contribution in [0.1, 0.15) is 24.8 Å². The number of hydrogen-bond acceptors (Lipinski definition) is 2. The molecule has 0 unspecified atom stereocenters. The van der Waals surface area contributed by atoms with Gasteiger partial charge in [-0.05, 0) is 24.0 Å². The summed E-state index contributed by atoms with van der Waals surface area (Å²) in [6.07, 6.45) is 5.26. The smallest absolute Gasteiger partial charge is 0.120 e. The van der Waals surface area contributed by atoms with E-state index in [-0.39, 0.29) is 0 Å². The zero-order chi connectivity index (χ0) is 9.97. The van der Waals surface area contributed by atoms with Gasteiger partial charge in [0.1, 0.15) is 5.75 Å². The highest BCUT2D eigenvalue weighted by Crippen LogP contribution is 2.32. The molecular weight excluding hydrogens is 174 g/mol. The van der Waals surface area contributed by atoms with Crippen LogP contribution in [0.15, 0.2) is 18.2 Å². The zero-order valence-electron chi connectivity index (χ0n) is 8.62. The van der Waals surface area contributed by atoms with E-state index in [1.165, 1.54) is 24.8 Å². The minimum Gasteiger partial charge on any atom is -0.497 e. The molecular formula is C12H17NO. The Bertz CT molecular complexity index is 318. The minimum absolute atomic E-state index is 0.847. The second-order valence-corrected chi connectivity index (χ2v) is 4.07. The van der Waals surface area contributed by atoms with Crippen molar-refractivity contribution in [3.05, 3.63) is 23.8 Å². The highest BCUT2D eigenvalue weighted by molar-refractivity contribution is 5.51. The number of methoxy groups -OCH3 is 1. The highest BCUT2D eigenvalue weighted by Gasteiger charge is 2.18. The molecule has 1 fully saturated rings. The topological polar surface area (TPSA) is 35.2 Å². The number of nitrogens with two attached hydrogens (primary N) is 1. The van der Waals surface area contributed by atoms with Crippen LogP contribution >= 0.6 is 0 Å². The fourth-order valence-electron chi connectivity index (χ4n) is 1.89. The third-order valence-electron chi connectivity index (χ3n) is 3.09. The molecule has 1 saturated carbocycles. The molecule has 2 N–H and O–H groups in total. The van der Waals surface area contributed by atoms with Crippen LogP contribution in [0.3, 0.4) is 0 Å². The number of ether oxygens (including phenoxy) is 1. The first-order valence-corrected chi connectivity index (χ1v) is 5.22. The highest BCUT2D eigenvalue weighted by atomic mass is 16.5. The number of rotatable bonds is 3. The maximum Gasteiger partial charge on any atom is 0.120 e. The predicted molar refractivity (Wildman–Crippen MR) is 58.5 cm³/mol. The summed E-state index contributed by atoms with van der Waals surface area (Å²) < 4.78 is 5.12. The number of hydrogen-bond donors (Lipinski definition) is 1. The van der Waals surface area contributed by atoms with Gasteiger partial charge >= 0.3 is 0 Å². The van der Waals surface area contributed by atoms with E-state index in [1.54, 1.807) is 7.11 Å². The van der Waals surface area contributed by atoms with Crippen LogP contribution in [0, 0.1) is 5.92 Å². The van der Waals surface area contributed by atoms with Gasteiger partial charge in [0.2, 0.25) is 0 Å². The van der Waals surface area contributed by atoms with Gasteiger partial charge < -0.3 is 10.5 Å². The van der Waals surface area contributed by atoms with Crippen LogP contribution in [-0.2, 0) is 6.42 Å². The molecule has 2 nitrogen and oxygen atoms in total. The van der Waals surface area contributed by atoms with Crippen molar-refractivity contribution >= 4 is 5.69 Å². The lowest BCUT2D eigenvalue weighted by Crippen LogP contribution is -2.14. The van der Waals surface area contributed by atoms with Gasteiger partial charge in [-0.2, -0.15) is 0 Å². The molecule has 1 aromatic carbocycles. The standard InChI is InChI=1S/C12H17NO/c1-14-11-6-5-10(12(13)8-11)7-9-3-2-4-9/h5-6,8-9H,2-4,7,13H2,1H3. The largest absolute Gasteiger partial charge is 0.497 e. The number of nitrogen functional groups attached to an aromatic ring is 1. The lowest BCUT2D eigenvalue weighted by Gasteiger charge is -2.25. The third-order valence-corrected chi connectivity index (χ3v) is 3.09. The van der Waals surface area contributed by atoms with Crippen molar-refractivity contribution in [2.24, 2.45) is 5.92 Å². The second-order valence-electron chi connectivity index (χ2n) is 4.07. The molecule has 1 aliphatic rings. The van der Waals surface area contributed by atoms with Crippen LogP contribution in [0.25, 0.3) is 0 Å². The van der Waals surface area contributed by atoms with Crippen LogP contribution in [0.5, 0.6) is 5.75 Å². The summed E-state index contributed by atoms with van der Waals surface area (Å²) >= 11 is 0. The lowest BCUT2D eigenvalue weighted by molar-refractivity contribution is 0.314. The Kier molecular flexibility index (Phi) is 2.62. The van der Waals surface area contributed by atoms with E-state index >= 15 is 0 Å². The van der Waals surface area contributed by atoms with Crippen molar-refractivity contribution in [1.82, 2.24) is 0 Å². The summed E-state index contributed by atoms with van der Waals surface area (Å²) in [6, 6.07) is 5.99. The molecule has 14 heavy (non-hydrogen) atoms. The van der Waals surface area contributed by atoms with E-state index in [4.69, 9.17) is 10.5 Å². The first-order valence-electron chi connectivity index (χ1n) is 5.22. The molecule has 0 spiro atoms. The summed E-state index contributed by atoms with van der Waals surface area (Å²) in [7, 11) is 1.67. The van der Waals surface area contributed by atoms with Crippen LogP contribution in [0.4, 0.5) is 5.69 Å². The fraction of sp³-hybridized carbons (Fsp3) is 0.500. The minimum atomic E-state index is 0.847. The van der Waals surface area contributed by atoms with Crippen molar-refractivity contribution in [1.29, 1.82) is 0 Å². The SMILES string of the molecule is COc1ccc(CC2CCC2)c(N)c1. The van der Waals surface area contributed by atoms with Gasteiger partial charge in [-0.15, -0.1) is 0 Å². The van der Waals surface area contributed by atoms with E-state index < -0.39 is 0 Å². The van der Waals surface area contributed by atoms with E-state index in [2.05, 4.69) is 6.07 Å². The van der Waals surface area contributed by atoms with Crippen molar-refractivity contribution in [3.63, 3.8) is 0 Å². The molecule has 1 aromatic rings. The third kappa shape index (κ3) is 1.84. The Hall–Kier alpha value is -1.18. The van der Waals surface area contributed by atoms with E-state index in [1.807, 2.05) is 12.1 Å². The Morgan fingerprint density at radius 3 is 2.71 bits per heavy atom. The lowest BCUT2D eigenvalue weighted by atomic mass is 9.81. The molecule has 2 rings (SSSR count). The normalized spacial score (nSPS) is 16.4. The molecule has 0 atom stereocenters. The molecule has 0 amide bonds. The molecule has 0 aromatic heterocycles. The number of benzene rings is 1. The Labute approximate surface area is 85.1 Å². The van der Waals surface area contributed by atoms with Crippen LogP contribution in [-0.4, -0.2) is 7.11 Å². The molecule has 0 aliphatic heterocycles. The summed E-state index contributed by atoms with van der Waals surface area (Å²) in [6.45, 7) is 0. The molecule has 0 heterocycles. The van der Waals surface area contributed by atoms with Gasteiger partial charge in [-0.1, -0.05) is 25.3 Å². The van der Waals surface area contributed by atoms with E-state index in [9.17, 15) is 0 Å². The Morgan fingerprint density at radius 2 is 2.21 bits per heavy atom. The predicted octanol–water partition coefficient (Wildman–Crippen LogP) is 2.62. The van der Waals surface area contributed by atoms with Gasteiger partial charge in [0, 0.05) is 11.8 Å². The fourth-order valence-corrected chi connectivity index (χ4v) is 1.89. The first-order chi connectivity index (χ1) is 6.79. The maximum atomic E-state index is 5.94. The maximum absolute atomic E-state index is 5.94. The van der Waals surface area contributed by atoms with E-state index in [0.29, 0.717) is 0 Å². The quantitative estimate of drug-likeness (QED) is 0.745. The average molecular weight is 191 g/mol. The average Bonchev–Trinajstić information content (AvgIpc) is 2.13. The monoisotopic (exact) mass is 191 g/mol. The van der Waals surface area contributed by atoms with Crippen LogP contribution in [0.2, 0.25) is 0 Å². The molecule has 0 bridgehead atoms. The van der Waals surface area contributed by atoms with Gasteiger partial charge in [0.15, 0.2) is 0 Å². The summed E-state index contributed by atoms with van der Waals surface area (Å²) in [5, 5.41) is 0. The molecule has 0 saturated heterocycles. The number of anilines is 1. The molecule has 2 heteroatoms. The Balaban J connectivity index is 2.09.